The van der Waals surface area contributed by atoms with Gasteiger partial charge in [0, 0.05) is 24.2 Å². The van der Waals surface area contributed by atoms with Gasteiger partial charge in [-0.15, -0.1) is 0 Å². The minimum atomic E-state index is -1.66. The molecule has 6 rings (SSSR count). The minimum absolute atomic E-state index is 0.115. The molecule has 2 aliphatic heterocycles. The first kappa shape index (κ1) is 21.1. The number of furan rings is 1. The van der Waals surface area contributed by atoms with Gasteiger partial charge in [-0.2, -0.15) is 0 Å². The molecule has 35 heavy (non-hydrogen) atoms. The van der Waals surface area contributed by atoms with Crippen molar-refractivity contribution in [3.05, 3.63) is 59.0 Å². The Balaban J connectivity index is 1.34. The summed E-state index contributed by atoms with van der Waals surface area (Å²) in [5.74, 6) is -0.556. The molecule has 1 saturated heterocycles. The average Bonchev–Trinajstić information content (AvgIpc) is 3.35. The minimum Gasteiger partial charge on any atom is -0.497 e. The molecule has 0 spiro atoms. The number of rotatable bonds is 6. The van der Waals surface area contributed by atoms with Crippen LogP contribution in [-0.2, 0) is 16.9 Å². The highest BCUT2D eigenvalue weighted by Crippen LogP contribution is 2.34. The first-order valence-electron chi connectivity index (χ1n) is 11.2. The normalized spacial score (nSPS) is 21.2. The van der Waals surface area contributed by atoms with Gasteiger partial charge in [-0.05, 0) is 42.7 Å². The quantitative estimate of drug-likeness (QED) is 0.458. The van der Waals surface area contributed by atoms with Crippen LogP contribution in [0.25, 0.3) is 11.1 Å². The zero-order valence-electron chi connectivity index (χ0n) is 18.7. The standard InChI is InChI=1S/C24H21N5O6/c1-34-14-5-2-12-10-29(21(31)15(12)8-14)11-24(22(32)27-23(33)28-24)19-9-17-18(35-19)7-6-16(26-17)20(30)25-13-3-4-13/h2,5-9,13H,3-4,10-11H2,1H3,(H,25,30)(H2,27,28,32,33). The number of aromatic nitrogens is 1. The third-order valence-corrected chi connectivity index (χ3v) is 6.50. The largest absolute Gasteiger partial charge is 0.497 e. The molecule has 2 aromatic heterocycles. The number of methoxy groups -OCH3 is 1. The van der Waals surface area contributed by atoms with E-state index in [1.807, 2.05) is 0 Å². The number of ether oxygens (including phenoxy) is 1. The molecule has 3 N–H and O–H groups in total. The van der Waals surface area contributed by atoms with Crippen molar-refractivity contribution in [1.29, 1.82) is 0 Å². The summed E-state index contributed by atoms with van der Waals surface area (Å²) in [6.07, 6.45) is 1.90. The summed E-state index contributed by atoms with van der Waals surface area (Å²) in [5, 5.41) is 7.77. The van der Waals surface area contributed by atoms with Crippen LogP contribution in [0, 0.1) is 0 Å². The predicted molar refractivity (Wildman–Crippen MR) is 121 cm³/mol. The number of amides is 5. The van der Waals surface area contributed by atoms with E-state index in [0.29, 0.717) is 22.4 Å². The number of pyridine rings is 1. The number of fused-ring (bicyclic) bond motifs is 2. The van der Waals surface area contributed by atoms with E-state index >= 15 is 0 Å². The highest BCUT2D eigenvalue weighted by atomic mass is 16.5. The summed E-state index contributed by atoms with van der Waals surface area (Å²) in [6.45, 7) is 0.0995. The van der Waals surface area contributed by atoms with Crippen LogP contribution >= 0.6 is 0 Å². The van der Waals surface area contributed by atoms with Crippen LogP contribution in [0.2, 0.25) is 0 Å². The van der Waals surface area contributed by atoms with Crippen LogP contribution in [0.5, 0.6) is 5.75 Å². The van der Waals surface area contributed by atoms with Crippen molar-refractivity contribution >= 4 is 34.9 Å². The third kappa shape index (κ3) is 3.47. The molecule has 1 atom stereocenters. The Morgan fingerprint density at radius 3 is 2.77 bits per heavy atom. The molecule has 2 fully saturated rings. The molecule has 0 bridgehead atoms. The molecule has 1 unspecified atom stereocenters. The van der Waals surface area contributed by atoms with Crippen LogP contribution in [0.1, 0.15) is 45.0 Å². The van der Waals surface area contributed by atoms with Crippen molar-refractivity contribution in [3.8, 4) is 5.75 Å². The molecule has 0 radical (unpaired) electrons. The lowest BCUT2D eigenvalue weighted by molar-refractivity contribution is -0.125. The second kappa shape index (κ2) is 7.55. The zero-order chi connectivity index (χ0) is 24.3. The number of benzene rings is 1. The van der Waals surface area contributed by atoms with Gasteiger partial charge in [0.25, 0.3) is 17.7 Å². The van der Waals surface area contributed by atoms with Gasteiger partial charge in [-0.3, -0.25) is 19.7 Å². The Morgan fingerprint density at radius 1 is 1.23 bits per heavy atom. The Bertz CT molecular complexity index is 1430. The van der Waals surface area contributed by atoms with E-state index in [4.69, 9.17) is 9.15 Å². The van der Waals surface area contributed by atoms with E-state index < -0.39 is 17.5 Å². The number of carbonyl (C=O) groups is 4. The lowest BCUT2D eigenvalue weighted by atomic mass is 9.95. The number of hydrogen-bond donors (Lipinski definition) is 3. The molecule has 1 saturated carbocycles. The molecule has 11 heteroatoms. The van der Waals surface area contributed by atoms with Crippen molar-refractivity contribution in [2.75, 3.05) is 13.7 Å². The molecule has 3 aliphatic rings. The second-order valence-corrected chi connectivity index (χ2v) is 8.94. The number of urea groups is 1. The Kier molecular flexibility index (Phi) is 4.56. The maximum atomic E-state index is 13.1. The van der Waals surface area contributed by atoms with E-state index in [1.165, 1.54) is 18.1 Å². The van der Waals surface area contributed by atoms with Crippen LogP contribution in [0.4, 0.5) is 4.79 Å². The van der Waals surface area contributed by atoms with Gasteiger partial charge in [0.1, 0.15) is 22.7 Å². The summed E-state index contributed by atoms with van der Waals surface area (Å²) in [4.78, 5) is 56.6. The summed E-state index contributed by atoms with van der Waals surface area (Å²) >= 11 is 0. The summed E-state index contributed by atoms with van der Waals surface area (Å²) in [6, 6.07) is 9.35. The van der Waals surface area contributed by atoms with Crippen LogP contribution in [0.15, 0.2) is 40.8 Å². The van der Waals surface area contributed by atoms with Gasteiger partial charge < -0.3 is 24.7 Å². The molecule has 1 aliphatic carbocycles. The van der Waals surface area contributed by atoms with Gasteiger partial charge in [-0.25, -0.2) is 9.78 Å². The smallest absolute Gasteiger partial charge is 0.322 e. The number of nitrogens with one attached hydrogen (secondary N) is 3. The molecule has 3 aromatic rings. The predicted octanol–water partition coefficient (Wildman–Crippen LogP) is 1.42. The highest BCUT2D eigenvalue weighted by Gasteiger charge is 2.53. The second-order valence-electron chi connectivity index (χ2n) is 8.94. The third-order valence-electron chi connectivity index (χ3n) is 6.50. The van der Waals surface area contributed by atoms with Gasteiger partial charge in [0.05, 0.1) is 13.7 Å². The van der Waals surface area contributed by atoms with E-state index in [2.05, 4.69) is 20.9 Å². The molecule has 11 nitrogen and oxygen atoms in total. The highest BCUT2D eigenvalue weighted by molar-refractivity contribution is 6.08. The van der Waals surface area contributed by atoms with Crippen molar-refractivity contribution < 1.29 is 28.3 Å². The number of nitrogens with zero attached hydrogens (tertiary/aromatic N) is 2. The van der Waals surface area contributed by atoms with E-state index in [1.54, 1.807) is 30.3 Å². The maximum absolute atomic E-state index is 13.1. The molecular weight excluding hydrogens is 454 g/mol. The Labute approximate surface area is 198 Å². The molecule has 5 amide bonds. The molecular formula is C24H21N5O6. The number of hydrogen-bond acceptors (Lipinski definition) is 7. The summed E-state index contributed by atoms with van der Waals surface area (Å²) in [7, 11) is 1.52. The van der Waals surface area contributed by atoms with Gasteiger partial charge >= 0.3 is 6.03 Å². The van der Waals surface area contributed by atoms with Crippen LogP contribution < -0.4 is 20.7 Å². The van der Waals surface area contributed by atoms with Crippen LogP contribution in [0.3, 0.4) is 0 Å². The Morgan fingerprint density at radius 2 is 2.06 bits per heavy atom. The Hall–Kier alpha value is -4.41. The SMILES string of the molecule is COc1ccc2c(c1)C(=O)N(CC1(c3cc4nc(C(=O)NC5CC5)ccc4o3)NC(=O)NC1=O)C2. The zero-order valence-corrected chi connectivity index (χ0v) is 18.7. The van der Waals surface area contributed by atoms with Crippen molar-refractivity contribution in [2.45, 2.75) is 31.0 Å². The first-order valence-corrected chi connectivity index (χ1v) is 11.2. The van der Waals surface area contributed by atoms with Gasteiger partial charge in [0.2, 0.25) is 0 Å². The number of imide groups is 1. The topological polar surface area (TPSA) is 143 Å². The molecule has 4 heterocycles. The summed E-state index contributed by atoms with van der Waals surface area (Å²) in [5.41, 5.74) is 0.533. The van der Waals surface area contributed by atoms with Crippen LogP contribution in [-0.4, -0.2) is 53.3 Å². The lowest BCUT2D eigenvalue weighted by Gasteiger charge is -2.28. The van der Waals surface area contributed by atoms with Gasteiger partial charge in [0.15, 0.2) is 11.1 Å². The van der Waals surface area contributed by atoms with E-state index in [9.17, 15) is 19.2 Å². The lowest BCUT2D eigenvalue weighted by Crippen LogP contribution is -2.52. The molecule has 178 valence electrons. The maximum Gasteiger partial charge on any atom is 0.322 e. The molecule has 1 aromatic carbocycles. The van der Waals surface area contributed by atoms with E-state index in [-0.39, 0.29) is 42.4 Å². The van der Waals surface area contributed by atoms with Gasteiger partial charge in [-0.1, -0.05) is 6.07 Å². The fourth-order valence-electron chi connectivity index (χ4n) is 4.48. The summed E-state index contributed by atoms with van der Waals surface area (Å²) < 4.78 is 11.2. The average molecular weight is 475 g/mol. The van der Waals surface area contributed by atoms with Crippen molar-refractivity contribution in [2.24, 2.45) is 0 Å². The fraction of sp³-hybridized carbons (Fsp3) is 0.292. The monoisotopic (exact) mass is 475 g/mol. The van der Waals surface area contributed by atoms with Crippen molar-refractivity contribution in [3.63, 3.8) is 0 Å². The van der Waals surface area contributed by atoms with E-state index in [0.717, 1.165) is 18.4 Å². The van der Waals surface area contributed by atoms with Crippen molar-refractivity contribution in [1.82, 2.24) is 25.8 Å². The number of carbonyl (C=O) groups excluding carboxylic acids is 4. The fourth-order valence-corrected chi connectivity index (χ4v) is 4.48. The first-order chi connectivity index (χ1) is 16.9.